The summed E-state index contributed by atoms with van der Waals surface area (Å²) in [5.74, 6) is 0.495. The van der Waals surface area contributed by atoms with E-state index in [1.54, 1.807) is 6.07 Å². The number of halogens is 1. The Balaban J connectivity index is 2.51. The van der Waals surface area contributed by atoms with Crippen LogP contribution in [0.2, 0.25) is 0 Å². The minimum atomic E-state index is -0.234. The molecule has 0 aliphatic rings. The van der Waals surface area contributed by atoms with E-state index in [1.165, 1.54) is 12.1 Å². The van der Waals surface area contributed by atoms with Crippen LogP contribution in [0, 0.1) is 12.7 Å². The van der Waals surface area contributed by atoms with Crippen LogP contribution in [0.4, 0.5) is 4.39 Å². The topological polar surface area (TPSA) is 35.2 Å². The van der Waals surface area contributed by atoms with Gasteiger partial charge in [-0.1, -0.05) is 0 Å². The summed E-state index contributed by atoms with van der Waals surface area (Å²) >= 11 is 0. The van der Waals surface area contributed by atoms with Crippen molar-refractivity contribution in [3.05, 3.63) is 29.6 Å². The van der Waals surface area contributed by atoms with Crippen LogP contribution in [0.25, 0.3) is 0 Å². The molecule has 0 heterocycles. The fourth-order valence-corrected chi connectivity index (χ4v) is 1.13. The maximum absolute atomic E-state index is 12.7. The summed E-state index contributed by atoms with van der Waals surface area (Å²) in [7, 11) is 0. The molecule has 3 heteroatoms. The Hall–Kier alpha value is -1.09. The SMILES string of the molecule is Cc1cc(F)ccc1OCCC(C)N. The maximum Gasteiger partial charge on any atom is 0.123 e. The molecule has 1 unspecified atom stereocenters. The maximum atomic E-state index is 12.7. The fraction of sp³-hybridized carbons (Fsp3) is 0.455. The van der Waals surface area contributed by atoms with E-state index in [0.29, 0.717) is 6.61 Å². The fourth-order valence-electron chi connectivity index (χ4n) is 1.13. The van der Waals surface area contributed by atoms with Crippen LogP contribution in [0.15, 0.2) is 18.2 Å². The van der Waals surface area contributed by atoms with Gasteiger partial charge in [-0.15, -0.1) is 0 Å². The molecule has 1 aromatic carbocycles. The Morgan fingerprint density at radius 1 is 1.50 bits per heavy atom. The average Bonchev–Trinajstić information content (AvgIpc) is 2.08. The number of rotatable bonds is 4. The third-order valence-corrected chi connectivity index (χ3v) is 1.97. The van der Waals surface area contributed by atoms with Crippen molar-refractivity contribution in [2.75, 3.05) is 6.61 Å². The average molecular weight is 197 g/mol. The smallest absolute Gasteiger partial charge is 0.123 e. The van der Waals surface area contributed by atoms with Crippen molar-refractivity contribution < 1.29 is 9.13 Å². The molecule has 14 heavy (non-hydrogen) atoms. The van der Waals surface area contributed by atoms with Gasteiger partial charge in [0.2, 0.25) is 0 Å². The summed E-state index contributed by atoms with van der Waals surface area (Å²) in [5, 5.41) is 0. The molecule has 1 rings (SSSR count). The largest absolute Gasteiger partial charge is 0.493 e. The summed E-state index contributed by atoms with van der Waals surface area (Å²) in [4.78, 5) is 0. The quantitative estimate of drug-likeness (QED) is 0.803. The van der Waals surface area contributed by atoms with E-state index in [2.05, 4.69) is 0 Å². The van der Waals surface area contributed by atoms with Crippen LogP contribution in [-0.2, 0) is 0 Å². The first kappa shape index (κ1) is 11.0. The van der Waals surface area contributed by atoms with Crippen molar-refractivity contribution in [3.63, 3.8) is 0 Å². The van der Waals surface area contributed by atoms with Gasteiger partial charge in [0.05, 0.1) is 6.61 Å². The van der Waals surface area contributed by atoms with Crippen molar-refractivity contribution in [2.45, 2.75) is 26.3 Å². The predicted octanol–water partition coefficient (Wildman–Crippen LogP) is 2.25. The molecular formula is C11H16FNO. The highest BCUT2D eigenvalue weighted by molar-refractivity contribution is 5.32. The molecule has 2 nitrogen and oxygen atoms in total. The zero-order valence-corrected chi connectivity index (χ0v) is 8.59. The summed E-state index contributed by atoms with van der Waals surface area (Å²) in [5.41, 5.74) is 6.39. The van der Waals surface area contributed by atoms with Gasteiger partial charge in [-0.25, -0.2) is 4.39 Å². The molecule has 0 aliphatic heterocycles. The van der Waals surface area contributed by atoms with Crippen molar-refractivity contribution >= 4 is 0 Å². The molecule has 0 saturated heterocycles. The second-order valence-corrected chi connectivity index (χ2v) is 3.52. The van der Waals surface area contributed by atoms with E-state index in [1.807, 2.05) is 13.8 Å². The first-order valence-corrected chi connectivity index (χ1v) is 4.74. The molecule has 0 bridgehead atoms. The lowest BCUT2D eigenvalue weighted by Gasteiger charge is -2.10. The molecule has 0 saturated carbocycles. The van der Waals surface area contributed by atoms with E-state index in [4.69, 9.17) is 10.5 Å². The molecule has 2 N–H and O–H groups in total. The number of hydrogen-bond acceptors (Lipinski definition) is 2. The number of ether oxygens (including phenoxy) is 1. The van der Waals surface area contributed by atoms with Crippen LogP contribution in [0.3, 0.4) is 0 Å². The van der Waals surface area contributed by atoms with E-state index >= 15 is 0 Å². The Bertz CT molecular complexity index is 299. The molecule has 0 spiro atoms. The van der Waals surface area contributed by atoms with E-state index in [-0.39, 0.29) is 11.9 Å². The first-order valence-electron chi connectivity index (χ1n) is 4.74. The van der Waals surface area contributed by atoms with Gasteiger partial charge in [-0.3, -0.25) is 0 Å². The molecule has 1 atom stereocenters. The van der Waals surface area contributed by atoms with Crippen molar-refractivity contribution in [2.24, 2.45) is 5.73 Å². The monoisotopic (exact) mass is 197 g/mol. The van der Waals surface area contributed by atoms with Gasteiger partial charge >= 0.3 is 0 Å². The van der Waals surface area contributed by atoms with Gasteiger partial charge in [0.15, 0.2) is 0 Å². The number of nitrogens with two attached hydrogens (primary N) is 1. The summed E-state index contributed by atoms with van der Waals surface area (Å²) in [6, 6.07) is 4.64. The zero-order chi connectivity index (χ0) is 10.6. The minimum Gasteiger partial charge on any atom is -0.493 e. The second-order valence-electron chi connectivity index (χ2n) is 3.52. The van der Waals surface area contributed by atoms with Gasteiger partial charge in [-0.2, -0.15) is 0 Å². The molecule has 0 fully saturated rings. The Labute approximate surface area is 83.9 Å². The van der Waals surface area contributed by atoms with E-state index in [9.17, 15) is 4.39 Å². The second kappa shape index (κ2) is 4.96. The Morgan fingerprint density at radius 2 is 2.21 bits per heavy atom. The Kier molecular flexibility index (Phi) is 3.89. The normalized spacial score (nSPS) is 12.6. The lowest BCUT2D eigenvalue weighted by Crippen LogP contribution is -2.18. The number of benzene rings is 1. The zero-order valence-electron chi connectivity index (χ0n) is 8.59. The molecule has 78 valence electrons. The molecular weight excluding hydrogens is 181 g/mol. The Morgan fingerprint density at radius 3 is 2.79 bits per heavy atom. The van der Waals surface area contributed by atoms with Crippen LogP contribution in [0.5, 0.6) is 5.75 Å². The van der Waals surface area contributed by atoms with Crippen molar-refractivity contribution in [1.29, 1.82) is 0 Å². The predicted molar refractivity (Wildman–Crippen MR) is 54.9 cm³/mol. The highest BCUT2D eigenvalue weighted by Gasteiger charge is 2.01. The van der Waals surface area contributed by atoms with Crippen molar-refractivity contribution in [1.82, 2.24) is 0 Å². The molecule has 0 aliphatic carbocycles. The molecule has 1 aromatic rings. The van der Waals surface area contributed by atoms with Gasteiger partial charge in [0.1, 0.15) is 11.6 Å². The van der Waals surface area contributed by atoms with Crippen molar-refractivity contribution in [3.8, 4) is 5.75 Å². The summed E-state index contributed by atoms with van der Waals surface area (Å²) in [6.07, 6.45) is 0.802. The summed E-state index contributed by atoms with van der Waals surface area (Å²) in [6.45, 7) is 4.33. The number of hydrogen-bond donors (Lipinski definition) is 1. The molecule has 0 radical (unpaired) electrons. The highest BCUT2D eigenvalue weighted by atomic mass is 19.1. The third kappa shape index (κ3) is 3.34. The lowest BCUT2D eigenvalue weighted by atomic mass is 10.2. The van der Waals surface area contributed by atoms with Gasteiger partial charge < -0.3 is 10.5 Å². The van der Waals surface area contributed by atoms with Gasteiger partial charge in [-0.05, 0) is 44.0 Å². The standard InChI is InChI=1S/C11H16FNO/c1-8-7-10(12)3-4-11(8)14-6-5-9(2)13/h3-4,7,9H,5-6,13H2,1-2H3. The van der Waals surface area contributed by atoms with Crippen LogP contribution in [-0.4, -0.2) is 12.6 Å². The molecule has 0 aromatic heterocycles. The van der Waals surface area contributed by atoms with Gasteiger partial charge in [0.25, 0.3) is 0 Å². The van der Waals surface area contributed by atoms with Crippen LogP contribution in [0.1, 0.15) is 18.9 Å². The van der Waals surface area contributed by atoms with Crippen LogP contribution < -0.4 is 10.5 Å². The highest BCUT2D eigenvalue weighted by Crippen LogP contribution is 2.18. The third-order valence-electron chi connectivity index (χ3n) is 1.97. The summed E-state index contributed by atoms with van der Waals surface area (Å²) < 4.78 is 18.2. The van der Waals surface area contributed by atoms with Gasteiger partial charge in [0, 0.05) is 6.04 Å². The molecule has 0 amide bonds. The van der Waals surface area contributed by atoms with E-state index < -0.39 is 0 Å². The number of aryl methyl sites for hydroxylation is 1. The first-order chi connectivity index (χ1) is 6.59. The van der Waals surface area contributed by atoms with E-state index in [0.717, 1.165) is 17.7 Å². The lowest BCUT2D eigenvalue weighted by molar-refractivity contribution is 0.298. The minimum absolute atomic E-state index is 0.135. The van der Waals surface area contributed by atoms with Crippen LogP contribution >= 0.6 is 0 Å².